The lowest BCUT2D eigenvalue weighted by atomic mass is 10.3. The van der Waals surface area contributed by atoms with Crippen LogP contribution in [0.1, 0.15) is 13.8 Å². The molecule has 0 saturated heterocycles. The van der Waals surface area contributed by atoms with Crippen molar-refractivity contribution in [2.45, 2.75) is 19.9 Å². The lowest BCUT2D eigenvalue weighted by molar-refractivity contribution is -0.862. The van der Waals surface area contributed by atoms with Crippen LogP contribution >= 0.6 is 23.2 Å². The van der Waals surface area contributed by atoms with Gasteiger partial charge < -0.3 is 15.5 Å². The van der Waals surface area contributed by atoms with Crippen LogP contribution in [0, 0.1) is 0 Å². The summed E-state index contributed by atoms with van der Waals surface area (Å²) in [5, 5.41) is 6.21. The number of anilines is 1. The lowest BCUT2D eigenvalue weighted by Crippen LogP contribution is -3.11. The van der Waals surface area contributed by atoms with Crippen molar-refractivity contribution in [3.05, 3.63) is 28.2 Å². The Morgan fingerprint density at radius 1 is 1.14 bits per heavy atom. The second-order valence-corrected chi connectivity index (χ2v) is 5.99. The first kappa shape index (κ1) is 17.8. The Morgan fingerprint density at radius 2 is 1.67 bits per heavy atom. The first-order valence-electron chi connectivity index (χ1n) is 6.64. The number of likely N-dealkylation sites (N-methyl/N-ethyl adjacent to an activating group) is 1. The molecule has 1 unspecified atom stereocenters. The number of hydrogen-bond acceptors (Lipinski definition) is 2. The predicted octanol–water partition coefficient (Wildman–Crippen LogP) is 0.971. The topological polar surface area (TPSA) is 62.6 Å². The van der Waals surface area contributed by atoms with Crippen molar-refractivity contribution in [1.29, 1.82) is 0 Å². The number of halogens is 2. The first-order valence-corrected chi connectivity index (χ1v) is 7.39. The van der Waals surface area contributed by atoms with E-state index in [0.717, 1.165) is 4.90 Å². The van der Waals surface area contributed by atoms with Crippen molar-refractivity contribution in [3.8, 4) is 0 Å². The van der Waals surface area contributed by atoms with E-state index in [2.05, 4.69) is 10.6 Å². The van der Waals surface area contributed by atoms with Crippen LogP contribution in [0.5, 0.6) is 0 Å². The summed E-state index contributed by atoms with van der Waals surface area (Å²) in [5.41, 5.74) is 0.394. The molecule has 5 nitrogen and oxygen atoms in total. The molecule has 1 rings (SSSR count). The fraction of sp³-hybridized carbons (Fsp3) is 0.429. The van der Waals surface area contributed by atoms with Crippen molar-refractivity contribution >= 4 is 40.7 Å². The molecule has 0 aliphatic rings. The van der Waals surface area contributed by atoms with Gasteiger partial charge >= 0.3 is 0 Å². The minimum Gasteiger partial charge on any atom is -0.349 e. The van der Waals surface area contributed by atoms with Gasteiger partial charge in [0.25, 0.3) is 11.8 Å². The van der Waals surface area contributed by atoms with Crippen LogP contribution in [0.3, 0.4) is 0 Å². The average molecular weight is 333 g/mol. The quantitative estimate of drug-likeness (QED) is 0.727. The van der Waals surface area contributed by atoms with Gasteiger partial charge in [0.2, 0.25) is 0 Å². The molecule has 0 spiro atoms. The number of para-hydroxylation sites is 1. The molecule has 21 heavy (non-hydrogen) atoms. The van der Waals surface area contributed by atoms with E-state index in [1.807, 2.05) is 13.8 Å². The molecule has 1 aromatic carbocycles. The van der Waals surface area contributed by atoms with Gasteiger partial charge in [0, 0.05) is 6.04 Å². The summed E-state index contributed by atoms with van der Waals surface area (Å²) in [4.78, 5) is 24.3. The molecule has 1 aromatic rings. The molecule has 1 atom stereocenters. The van der Waals surface area contributed by atoms with Crippen LogP contribution in [-0.4, -0.2) is 38.0 Å². The number of carbonyl (C=O) groups excluding carboxylic acids is 2. The van der Waals surface area contributed by atoms with E-state index in [0.29, 0.717) is 15.7 Å². The molecular formula is C14H20Cl2N3O2+. The number of quaternary nitrogens is 1. The van der Waals surface area contributed by atoms with E-state index in [-0.39, 0.29) is 30.9 Å². The normalized spacial score (nSPS) is 12.1. The second-order valence-electron chi connectivity index (χ2n) is 5.18. The van der Waals surface area contributed by atoms with Crippen LogP contribution in [0.15, 0.2) is 18.2 Å². The van der Waals surface area contributed by atoms with Gasteiger partial charge in [0.1, 0.15) is 0 Å². The number of amides is 2. The van der Waals surface area contributed by atoms with Gasteiger partial charge in [-0.1, -0.05) is 29.3 Å². The Bertz CT molecular complexity index is 501. The molecule has 0 aromatic heterocycles. The minimum atomic E-state index is -0.250. The van der Waals surface area contributed by atoms with E-state index in [4.69, 9.17) is 23.2 Å². The van der Waals surface area contributed by atoms with Crippen LogP contribution in [0.2, 0.25) is 10.0 Å². The highest BCUT2D eigenvalue weighted by molar-refractivity contribution is 6.39. The van der Waals surface area contributed by atoms with Gasteiger partial charge in [-0.2, -0.15) is 0 Å². The highest BCUT2D eigenvalue weighted by Crippen LogP contribution is 2.29. The number of rotatable bonds is 6. The zero-order valence-electron chi connectivity index (χ0n) is 12.3. The average Bonchev–Trinajstić information content (AvgIpc) is 2.32. The monoisotopic (exact) mass is 332 g/mol. The number of benzene rings is 1. The summed E-state index contributed by atoms with van der Waals surface area (Å²) < 4.78 is 0. The lowest BCUT2D eigenvalue weighted by Gasteiger charge is -2.15. The number of nitrogens with one attached hydrogen (secondary N) is 3. The molecular weight excluding hydrogens is 313 g/mol. The summed E-state index contributed by atoms with van der Waals surface area (Å²) in [6, 6.07) is 5.08. The molecule has 0 fully saturated rings. The van der Waals surface area contributed by atoms with Crippen molar-refractivity contribution in [2.75, 3.05) is 25.5 Å². The molecule has 3 N–H and O–H groups in total. The maximum Gasteiger partial charge on any atom is 0.279 e. The van der Waals surface area contributed by atoms with E-state index in [9.17, 15) is 9.59 Å². The SMILES string of the molecule is CC(C)NC(=O)C[NH+](C)CC(=O)Nc1c(Cl)cccc1Cl. The summed E-state index contributed by atoms with van der Waals surface area (Å²) >= 11 is 12.0. The summed E-state index contributed by atoms with van der Waals surface area (Å²) in [6.45, 7) is 4.15. The van der Waals surface area contributed by atoms with Crippen molar-refractivity contribution in [2.24, 2.45) is 0 Å². The third kappa shape index (κ3) is 6.33. The maximum atomic E-state index is 12.0. The van der Waals surface area contributed by atoms with Gasteiger partial charge in [-0.25, -0.2) is 0 Å². The predicted molar refractivity (Wildman–Crippen MR) is 85.0 cm³/mol. The van der Waals surface area contributed by atoms with E-state index < -0.39 is 0 Å². The molecule has 7 heteroatoms. The molecule has 2 amide bonds. The smallest absolute Gasteiger partial charge is 0.279 e. The minimum absolute atomic E-state index is 0.0843. The zero-order chi connectivity index (χ0) is 16.0. The largest absolute Gasteiger partial charge is 0.349 e. The molecule has 0 radical (unpaired) electrons. The van der Waals surface area contributed by atoms with E-state index in [1.165, 1.54) is 0 Å². The zero-order valence-corrected chi connectivity index (χ0v) is 13.8. The van der Waals surface area contributed by atoms with Gasteiger partial charge in [0.15, 0.2) is 13.1 Å². The van der Waals surface area contributed by atoms with Crippen molar-refractivity contribution in [3.63, 3.8) is 0 Å². The molecule has 0 bridgehead atoms. The number of carbonyl (C=O) groups is 2. The summed E-state index contributed by atoms with van der Waals surface area (Å²) in [5.74, 6) is -0.342. The van der Waals surface area contributed by atoms with E-state index in [1.54, 1.807) is 25.2 Å². The molecule has 0 aliphatic heterocycles. The van der Waals surface area contributed by atoms with Gasteiger partial charge in [0.05, 0.1) is 22.8 Å². The Kier molecular flexibility index (Phi) is 6.95. The van der Waals surface area contributed by atoms with Crippen molar-refractivity contribution in [1.82, 2.24) is 5.32 Å². The summed E-state index contributed by atoms with van der Waals surface area (Å²) in [6.07, 6.45) is 0. The Labute approximate surface area is 134 Å². The first-order chi connectivity index (χ1) is 9.79. The Balaban J connectivity index is 2.52. The third-order valence-corrected chi connectivity index (χ3v) is 3.23. The van der Waals surface area contributed by atoms with E-state index >= 15 is 0 Å². The van der Waals surface area contributed by atoms with Gasteiger partial charge in [-0.15, -0.1) is 0 Å². The van der Waals surface area contributed by atoms with Crippen LogP contribution in [0.25, 0.3) is 0 Å². The van der Waals surface area contributed by atoms with Crippen molar-refractivity contribution < 1.29 is 14.5 Å². The highest BCUT2D eigenvalue weighted by atomic mass is 35.5. The van der Waals surface area contributed by atoms with Gasteiger partial charge in [-0.05, 0) is 26.0 Å². The number of hydrogen-bond donors (Lipinski definition) is 3. The van der Waals surface area contributed by atoms with Crippen LogP contribution in [-0.2, 0) is 9.59 Å². The highest BCUT2D eigenvalue weighted by Gasteiger charge is 2.16. The fourth-order valence-electron chi connectivity index (χ4n) is 1.78. The maximum absolute atomic E-state index is 12.0. The molecule has 0 saturated carbocycles. The standard InChI is InChI=1S/C14H19Cl2N3O2/c1-9(2)17-12(20)7-19(3)8-13(21)18-14-10(15)5-4-6-11(14)16/h4-6,9H,7-8H2,1-3H3,(H,17,20)(H,18,21)/p+1. The molecule has 0 aliphatic carbocycles. The van der Waals surface area contributed by atoms with Crippen LogP contribution in [0.4, 0.5) is 5.69 Å². The molecule has 116 valence electrons. The molecule has 0 heterocycles. The summed E-state index contributed by atoms with van der Waals surface area (Å²) in [7, 11) is 1.77. The Morgan fingerprint density at radius 3 is 2.19 bits per heavy atom. The Hall–Kier alpha value is -1.30. The van der Waals surface area contributed by atoms with Gasteiger partial charge in [-0.3, -0.25) is 9.59 Å². The third-order valence-electron chi connectivity index (χ3n) is 2.60. The fourth-order valence-corrected chi connectivity index (χ4v) is 2.28. The second kappa shape index (κ2) is 8.22. The van der Waals surface area contributed by atoms with Crippen LogP contribution < -0.4 is 15.5 Å².